The lowest BCUT2D eigenvalue weighted by Gasteiger charge is -2.26. The van der Waals surface area contributed by atoms with Crippen LogP contribution in [-0.4, -0.2) is 56.2 Å². The Morgan fingerprint density at radius 1 is 0.947 bits per heavy atom. The number of carbonyl (C=O) groups is 1. The maximum Gasteiger partial charge on any atom is 0.416 e. The van der Waals surface area contributed by atoms with E-state index in [1.54, 1.807) is 17.0 Å². The van der Waals surface area contributed by atoms with Crippen molar-refractivity contribution in [2.75, 3.05) is 31.1 Å². The fourth-order valence-corrected chi connectivity index (χ4v) is 6.45. The average Bonchev–Trinajstić information content (AvgIpc) is 3.41. The minimum absolute atomic E-state index is 0.173. The first-order valence-corrected chi connectivity index (χ1v) is 13.7. The van der Waals surface area contributed by atoms with Gasteiger partial charge in [0.2, 0.25) is 9.84 Å². The van der Waals surface area contributed by atoms with Gasteiger partial charge in [-0.3, -0.25) is 4.98 Å². The maximum atomic E-state index is 13.1. The normalized spacial score (nSPS) is 20.2. The zero-order valence-electron chi connectivity index (χ0n) is 21.2. The second-order valence-electron chi connectivity index (χ2n) is 10.9. The molecule has 2 aliphatic rings. The van der Waals surface area contributed by atoms with E-state index in [2.05, 4.69) is 9.88 Å². The lowest BCUT2D eigenvalue weighted by atomic mass is 10.0. The molecule has 0 N–H and O–H groups in total. The van der Waals surface area contributed by atoms with Gasteiger partial charge >= 0.3 is 12.3 Å². The predicted molar refractivity (Wildman–Crippen MR) is 136 cm³/mol. The fourth-order valence-electron chi connectivity index (χ4n) is 5.17. The molecule has 202 valence electrons. The SMILES string of the molecule is CC(C)(C)OC(=O)N1CC2CN(c3cccc4cc(S(=O)(=O)c5cccc(C(F)(F)F)c5)cnc34)CC2C1. The van der Waals surface area contributed by atoms with Gasteiger partial charge in [0.05, 0.1) is 26.6 Å². The summed E-state index contributed by atoms with van der Waals surface area (Å²) < 4.78 is 71.2. The number of rotatable bonds is 3. The Kier molecular flexibility index (Phi) is 6.32. The number of sulfone groups is 1. The van der Waals surface area contributed by atoms with Crippen LogP contribution in [0.1, 0.15) is 26.3 Å². The third-order valence-electron chi connectivity index (χ3n) is 6.93. The number of likely N-dealkylation sites (tertiary alicyclic amines) is 1. The van der Waals surface area contributed by atoms with Gasteiger partial charge in [0, 0.05) is 49.6 Å². The second-order valence-corrected chi connectivity index (χ2v) is 12.8. The minimum Gasteiger partial charge on any atom is -0.444 e. The molecule has 0 saturated carbocycles. The van der Waals surface area contributed by atoms with Crippen molar-refractivity contribution in [2.24, 2.45) is 11.8 Å². The Labute approximate surface area is 219 Å². The van der Waals surface area contributed by atoms with Crippen molar-refractivity contribution in [3.63, 3.8) is 0 Å². The molecule has 0 spiro atoms. The largest absolute Gasteiger partial charge is 0.444 e. The van der Waals surface area contributed by atoms with Gasteiger partial charge in [-0.2, -0.15) is 13.2 Å². The van der Waals surface area contributed by atoms with E-state index in [4.69, 9.17) is 4.74 Å². The number of hydrogen-bond acceptors (Lipinski definition) is 6. The fraction of sp³-hybridized carbons (Fsp3) is 0.407. The van der Waals surface area contributed by atoms with Crippen molar-refractivity contribution < 1.29 is 31.1 Å². The summed E-state index contributed by atoms with van der Waals surface area (Å²) in [7, 11) is -4.21. The lowest BCUT2D eigenvalue weighted by molar-refractivity contribution is -0.137. The van der Waals surface area contributed by atoms with E-state index in [9.17, 15) is 26.4 Å². The third kappa shape index (κ3) is 5.03. The van der Waals surface area contributed by atoms with Crippen molar-refractivity contribution in [1.82, 2.24) is 9.88 Å². The lowest BCUT2D eigenvalue weighted by Crippen LogP contribution is -2.37. The van der Waals surface area contributed by atoms with Gasteiger partial charge in [-0.1, -0.05) is 18.2 Å². The number of alkyl halides is 3. The number of nitrogens with zero attached hydrogens (tertiary/aromatic N) is 3. The summed E-state index contributed by atoms with van der Waals surface area (Å²) in [6.45, 7) is 8.17. The number of amides is 1. The molecule has 2 fully saturated rings. The molecule has 2 aromatic carbocycles. The van der Waals surface area contributed by atoms with Gasteiger partial charge in [0.15, 0.2) is 0 Å². The summed E-state index contributed by atoms with van der Waals surface area (Å²) in [6, 6.07) is 10.6. The molecule has 0 bridgehead atoms. The molecule has 11 heteroatoms. The zero-order chi connectivity index (χ0) is 27.5. The number of halogens is 3. The summed E-state index contributed by atoms with van der Waals surface area (Å²) in [5, 5.41) is 0.572. The summed E-state index contributed by atoms with van der Waals surface area (Å²) in [6.07, 6.45) is -3.76. The number of carbonyl (C=O) groups excluding carboxylic acids is 1. The monoisotopic (exact) mass is 547 g/mol. The van der Waals surface area contributed by atoms with Gasteiger partial charge in [0.1, 0.15) is 5.60 Å². The third-order valence-corrected chi connectivity index (χ3v) is 8.64. The van der Waals surface area contributed by atoms with Crippen LogP contribution in [0.15, 0.2) is 64.5 Å². The summed E-state index contributed by atoms with van der Waals surface area (Å²) in [5.41, 5.74) is -0.120. The van der Waals surface area contributed by atoms with Crippen LogP contribution in [0.25, 0.3) is 10.9 Å². The van der Waals surface area contributed by atoms with Crippen LogP contribution < -0.4 is 4.90 Å². The molecule has 2 atom stereocenters. The Morgan fingerprint density at radius 2 is 1.61 bits per heavy atom. The minimum atomic E-state index is -4.65. The molecule has 38 heavy (non-hydrogen) atoms. The topological polar surface area (TPSA) is 79.8 Å². The first-order chi connectivity index (χ1) is 17.7. The van der Waals surface area contributed by atoms with Crippen LogP contribution >= 0.6 is 0 Å². The standard InChI is InChI=1S/C27H28F3N3O4S/c1-26(2,3)37-25(34)33-15-18-13-32(14-19(18)16-33)23-9-4-6-17-10-22(12-31-24(17)23)38(35,36)21-8-5-7-20(11-21)27(28,29)30/h4-12,18-19H,13-16H2,1-3H3. The summed E-state index contributed by atoms with van der Waals surface area (Å²) >= 11 is 0. The number of hydrogen-bond donors (Lipinski definition) is 0. The van der Waals surface area contributed by atoms with Crippen LogP contribution in [-0.2, 0) is 20.8 Å². The Balaban J connectivity index is 1.37. The second kappa shape index (κ2) is 9.14. The van der Waals surface area contributed by atoms with Gasteiger partial charge in [0.25, 0.3) is 0 Å². The molecule has 2 saturated heterocycles. The highest BCUT2D eigenvalue weighted by molar-refractivity contribution is 7.91. The summed E-state index contributed by atoms with van der Waals surface area (Å²) in [5.74, 6) is 0.552. The molecular weight excluding hydrogens is 519 g/mol. The number of anilines is 1. The van der Waals surface area contributed by atoms with Crippen molar-refractivity contribution in [2.45, 2.75) is 42.3 Å². The average molecular weight is 548 g/mol. The molecule has 1 amide bonds. The van der Waals surface area contributed by atoms with Crippen molar-refractivity contribution in [3.8, 4) is 0 Å². The van der Waals surface area contributed by atoms with Crippen molar-refractivity contribution >= 4 is 32.5 Å². The molecule has 0 aliphatic carbocycles. The Morgan fingerprint density at radius 3 is 2.24 bits per heavy atom. The molecule has 3 aromatic rings. The van der Waals surface area contributed by atoms with Crippen LogP contribution in [0.4, 0.5) is 23.7 Å². The maximum absolute atomic E-state index is 13.1. The molecular formula is C27H28F3N3O4S. The van der Waals surface area contributed by atoms with E-state index in [0.29, 0.717) is 30.1 Å². The van der Waals surface area contributed by atoms with Gasteiger partial charge in [-0.15, -0.1) is 0 Å². The smallest absolute Gasteiger partial charge is 0.416 e. The quantitative estimate of drug-likeness (QED) is 0.438. The van der Waals surface area contributed by atoms with E-state index in [-0.39, 0.29) is 22.8 Å². The van der Waals surface area contributed by atoms with E-state index in [1.165, 1.54) is 12.3 Å². The van der Waals surface area contributed by atoms with E-state index >= 15 is 0 Å². The highest BCUT2D eigenvalue weighted by Gasteiger charge is 2.43. The van der Waals surface area contributed by atoms with E-state index in [0.717, 1.165) is 37.0 Å². The van der Waals surface area contributed by atoms with Crippen LogP contribution in [0, 0.1) is 11.8 Å². The number of ether oxygens (including phenoxy) is 1. The first kappa shape index (κ1) is 26.3. The van der Waals surface area contributed by atoms with Gasteiger partial charge in [-0.05, 0) is 51.1 Å². The molecule has 3 heterocycles. The van der Waals surface area contributed by atoms with Crippen molar-refractivity contribution in [3.05, 3.63) is 60.3 Å². The predicted octanol–water partition coefficient (Wildman–Crippen LogP) is 5.39. The highest BCUT2D eigenvalue weighted by atomic mass is 32.2. The van der Waals surface area contributed by atoms with Gasteiger partial charge in [-0.25, -0.2) is 13.2 Å². The summed E-state index contributed by atoms with van der Waals surface area (Å²) in [4.78, 5) is 20.3. The molecule has 5 rings (SSSR count). The molecule has 0 radical (unpaired) electrons. The molecule has 2 aliphatic heterocycles. The van der Waals surface area contributed by atoms with Crippen LogP contribution in [0.5, 0.6) is 0 Å². The molecule has 7 nitrogen and oxygen atoms in total. The number of para-hydroxylation sites is 1. The highest BCUT2D eigenvalue weighted by Crippen LogP contribution is 2.38. The van der Waals surface area contributed by atoms with E-state index < -0.39 is 32.1 Å². The van der Waals surface area contributed by atoms with Crippen LogP contribution in [0.3, 0.4) is 0 Å². The number of fused-ring (bicyclic) bond motifs is 2. The Bertz CT molecular complexity index is 1490. The number of aromatic nitrogens is 1. The molecule has 2 unspecified atom stereocenters. The van der Waals surface area contributed by atoms with E-state index in [1.807, 2.05) is 26.8 Å². The first-order valence-electron chi connectivity index (χ1n) is 12.3. The zero-order valence-corrected chi connectivity index (χ0v) is 22.0. The number of pyridine rings is 1. The van der Waals surface area contributed by atoms with Gasteiger partial charge < -0.3 is 14.5 Å². The number of benzene rings is 2. The Hall–Kier alpha value is -3.34. The molecule has 1 aromatic heterocycles. The van der Waals surface area contributed by atoms with Crippen LogP contribution in [0.2, 0.25) is 0 Å². The van der Waals surface area contributed by atoms with Crippen molar-refractivity contribution in [1.29, 1.82) is 0 Å².